The number of hydrogen-bond donors (Lipinski definition) is 1. The van der Waals surface area contributed by atoms with Gasteiger partial charge in [0.05, 0.1) is 0 Å². The fourth-order valence-corrected chi connectivity index (χ4v) is 2.82. The average molecular weight is 260 g/mol. The molecule has 0 saturated carbocycles. The van der Waals surface area contributed by atoms with Crippen LogP contribution in [-0.4, -0.2) is 31.1 Å². The Morgan fingerprint density at radius 1 is 1.21 bits per heavy atom. The molecule has 1 aromatic rings. The number of fused-ring (bicyclic) bond motifs is 1. The number of benzene rings is 1. The van der Waals surface area contributed by atoms with Crippen LogP contribution in [-0.2, 0) is 13.0 Å². The minimum absolute atomic E-state index is 0.418. The summed E-state index contributed by atoms with van der Waals surface area (Å²) in [7, 11) is 2.06. The summed E-state index contributed by atoms with van der Waals surface area (Å²) in [5.41, 5.74) is 3.47. The summed E-state index contributed by atoms with van der Waals surface area (Å²) in [5.74, 6) is 0. The summed E-state index contributed by atoms with van der Waals surface area (Å²) in [5, 5.41) is 3.35. The molecule has 2 nitrogen and oxygen atoms in total. The van der Waals surface area contributed by atoms with Crippen LogP contribution in [0.1, 0.15) is 38.3 Å². The predicted molar refractivity (Wildman–Crippen MR) is 82.3 cm³/mol. The van der Waals surface area contributed by atoms with E-state index in [4.69, 9.17) is 0 Å². The van der Waals surface area contributed by atoms with Crippen molar-refractivity contribution in [2.24, 2.45) is 5.41 Å². The Bertz CT molecular complexity index is 406. The summed E-state index contributed by atoms with van der Waals surface area (Å²) < 4.78 is 0. The second-order valence-electron chi connectivity index (χ2n) is 6.97. The van der Waals surface area contributed by atoms with Crippen LogP contribution < -0.4 is 5.32 Å². The minimum atomic E-state index is 0.418. The standard InChI is InChI=1S/C17H28N2/c1-17(2,3)9-10-19-13-15-8-6-5-7-14(15)11-16(19)12-18-4/h5-8,16,18H,9-13H2,1-4H3. The quantitative estimate of drug-likeness (QED) is 0.895. The van der Waals surface area contributed by atoms with Crippen molar-refractivity contribution >= 4 is 0 Å². The Labute approximate surface area is 118 Å². The highest BCUT2D eigenvalue weighted by Crippen LogP contribution is 2.26. The van der Waals surface area contributed by atoms with E-state index in [-0.39, 0.29) is 0 Å². The first-order valence-electron chi connectivity index (χ1n) is 7.45. The maximum Gasteiger partial charge on any atom is 0.0264 e. The molecule has 19 heavy (non-hydrogen) atoms. The van der Waals surface area contributed by atoms with Crippen LogP contribution in [0.3, 0.4) is 0 Å². The molecule has 0 aromatic heterocycles. The van der Waals surface area contributed by atoms with Gasteiger partial charge in [-0.1, -0.05) is 45.0 Å². The molecule has 2 heteroatoms. The van der Waals surface area contributed by atoms with Gasteiger partial charge in [0, 0.05) is 19.1 Å². The van der Waals surface area contributed by atoms with Gasteiger partial charge in [-0.2, -0.15) is 0 Å². The molecule has 0 amide bonds. The summed E-state index contributed by atoms with van der Waals surface area (Å²) >= 11 is 0. The van der Waals surface area contributed by atoms with E-state index in [0.717, 1.165) is 13.1 Å². The third-order valence-corrected chi connectivity index (χ3v) is 4.05. The zero-order valence-corrected chi connectivity index (χ0v) is 12.9. The topological polar surface area (TPSA) is 15.3 Å². The van der Waals surface area contributed by atoms with E-state index in [1.54, 1.807) is 0 Å². The number of nitrogens with one attached hydrogen (secondary N) is 1. The highest BCUT2D eigenvalue weighted by atomic mass is 15.2. The van der Waals surface area contributed by atoms with Crippen molar-refractivity contribution in [3.63, 3.8) is 0 Å². The second kappa shape index (κ2) is 6.06. The Morgan fingerprint density at radius 3 is 2.53 bits per heavy atom. The van der Waals surface area contributed by atoms with Crippen molar-refractivity contribution in [3.05, 3.63) is 35.4 Å². The van der Waals surface area contributed by atoms with Crippen LogP contribution in [0.5, 0.6) is 0 Å². The lowest BCUT2D eigenvalue weighted by molar-refractivity contribution is 0.147. The van der Waals surface area contributed by atoms with Gasteiger partial charge < -0.3 is 5.32 Å². The van der Waals surface area contributed by atoms with Crippen molar-refractivity contribution in [3.8, 4) is 0 Å². The Hall–Kier alpha value is -0.860. The maximum atomic E-state index is 3.35. The monoisotopic (exact) mass is 260 g/mol. The zero-order valence-electron chi connectivity index (χ0n) is 12.9. The fraction of sp³-hybridized carbons (Fsp3) is 0.647. The molecule has 0 spiro atoms. The van der Waals surface area contributed by atoms with Gasteiger partial charge in [-0.25, -0.2) is 0 Å². The average Bonchev–Trinajstić information content (AvgIpc) is 2.35. The molecule has 0 bridgehead atoms. The Morgan fingerprint density at radius 2 is 1.89 bits per heavy atom. The molecule has 0 aliphatic carbocycles. The van der Waals surface area contributed by atoms with Crippen molar-refractivity contribution in [2.45, 2.75) is 46.2 Å². The van der Waals surface area contributed by atoms with Crippen molar-refractivity contribution in [1.29, 1.82) is 0 Å². The SMILES string of the molecule is CNCC1Cc2ccccc2CN1CCC(C)(C)C. The second-order valence-corrected chi connectivity index (χ2v) is 6.97. The van der Waals surface area contributed by atoms with Gasteiger partial charge in [-0.05, 0) is 43.0 Å². The molecule has 1 heterocycles. The number of hydrogen-bond acceptors (Lipinski definition) is 2. The summed E-state index contributed by atoms with van der Waals surface area (Å²) in [6, 6.07) is 9.55. The number of nitrogens with zero attached hydrogens (tertiary/aromatic N) is 1. The van der Waals surface area contributed by atoms with Crippen LogP contribution in [0.15, 0.2) is 24.3 Å². The highest BCUT2D eigenvalue weighted by molar-refractivity contribution is 5.30. The molecular formula is C17H28N2. The molecule has 2 rings (SSSR count). The van der Waals surface area contributed by atoms with Crippen molar-refractivity contribution in [2.75, 3.05) is 20.1 Å². The Kier molecular flexibility index (Phi) is 4.64. The lowest BCUT2D eigenvalue weighted by Gasteiger charge is -2.38. The van der Waals surface area contributed by atoms with Gasteiger partial charge in [-0.15, -0.1) is 0 Å². The van der Waals surface area contributed by atoms with E-state index in [9.17, 15) is 0 Å². The maximum absolute atomic E-state index is 3.35. The molecule has 0 saturated heterocycles. The van der Waals surface area contributed by atoms with Crippen LogP contribution in [0.25, 0.3) is 0 Å². The molecule has 1 aliphatic heterocycles. The zero-order chi connectivity index (χ0) is 13.9. The van der Waals surface area contributed by atoms with E-state index in [1.165, 1.54) is 30.5 Å². The molecule has 0 radical (unpaired) electrons. The third kappa shape index (κ3) is 4.05. The first-order valence-corrected chi connectivity index (χ1v) is 7.45. The van der Waals surface area contributed by atoms with Gasteiger partial charge in [0.25, 0.3) is 0 Å². The normalized spacial score (nSPS) is 20.3. The van der Waals surface area contributed by atoms with Crippen LogP contribution in [0.4, 0.5) is 0 Å². The molecule has 1 atom stereocenters. The fourth-order valence-electron chi connectivity index (χ4n) is 2.82. The molecule has 0 fully saturated rings. The summed E-state index contributed by atoms with van der Waals surface area (Å²) in [6.45, 7) is 10.4. The van der Waals surface area contributed by atoms with Crippen molar-refractivity contribution < 1.29 is 0 Å². The van der Waals surface area contributed by atoms with Crippen LogP contribution >= 0.6 is 0 Å². The lowest BCUT2D eigenvalue weighted by atomic mass is 9.89. The number of rotatable bonds is 4. The van der Waals surface area contributed by atoms with E-state index in [0.29, 0.717) is 11.5 Å². The van der Waals surface area contributed by atoms with Crippen molar-refractivity contribution in [1.82, 2.24) is 10.2 Å². The predicted octanol–water partition coefficient (Wildman–Crippen LogP) is 3.07. The van der Waals surface area contributed by atoms with E-state index >= 15 is 0 Å². The molecule has 1 aromatic carbocycles. The first kappa shape index (κ1) is 14.5. The first-order chi connectivity index (χ1) is 8.99. The van der Waals surface area contributed by atoms with Gasteiger partial charge in [0.15, 0.2) is 0 Å². The summed E-state index contributed by atoms with van der Waals surface area (Å²) in [4.78, 5) is 2.66. The van der Waals surface area contributed by atoms with E-state index < -0.39 is 0 Å². The van der Waals surface area contributed by atoms with Gasteiger partial charge in [0.2, 0.25) is 0 Å². The van der Waals surface area contributed by atoms with Crippen LogP contribution in [0, 0.1) is 5.41 Å². The van der Waals surface area contributed by atoms with Gasteiger partial charge in [0.1, 0.15) is 0 Å². The summed E-state index contributed by atoms with van der Waals surface area (Å²) in [6.07, 6.45) is 2.44. The van der Waals surface area contributed by atoms with Gasteiger partial charge in [-0.3, -0.25) is 4.90 Å². The molecule has 1 unspecified atom stereocenters. The Balaban J connectivity index is 2.08. The molecule has 1 aliphatic rings. The minimum Gasteiger partial charge on any atom is -0.318 e. The smallest absolute Gasteiger partial charge is 0.0264 e. The third-order valence-electron chi connectivity index (χ3n) is 4.05. The van der Waals surface area contributed by atoms with Crippen LogP contribution in [0.2, 0.25) is 0 Å². The molecule has 1 N–H and O–H groups in total. The largest absolute Gasteiger partial charge is 0.318 e. The highest BCUT2D eigenvalue weighted by Gasteiger charge is 2.26. The van der Waals surface area contributed by atoms with E-state index in [2.05, 4.69) is 62.3 Å². The number of likely N-dealkylation sites (N-methyl/N-ethyl adjacent to an activating group) is 1. The van der Waals surface area contributed by atoms with E-state index in [1.807, 2.05) is 0 Å². The lowest BCUT2D eigenvalue weighted by Crippen LogP contribution is -2.46. The molecule has 106 valence electrons. The molecular weight excluding hydrogens is 232 g/mol. The van der Waals surface area contributed by atoms with Gasteiger partial charge >= 0.3 is 0 Å².